The second-order valence-electron chi connectivity index (χ2n) is 9.70. The van der Waals surface area contributed by atoms with Crippen LogP contribution in [0, 0.1) is 0 Å². The largest absolute Gasteiger partial charge is 0.602 e. The average molecular weight is 600 g/mol. The lowest BCUT2D eigenvalue weighted by molar-refractivity contribution is -0.444. The summed E-state index contributed by atoms with van der Waals surface area (Å²) in [6.45, 7) is 6.86. The third-order valence-electron chi connectivity index (χ3n) is 7.25. The Bertz CT molecular complexity index is 1500. The van der Waals surface area contributed by atoms with Gasteiger partial charge >= 0.3 is 6.09 Å². The Hall–Kier alpha value is -3.30. The molecule has 1 aromatic heterocycles. The Kier molecular flexibility index (Phi) is 9.67. The topological polar surface area (TPSA) is 76.0 Å². The number of aromatic nitrogens is 1. The molecule has 3 aromatic rings. The third-order valence-corrected chi connectivity index (χ3v) is 7.66. The lowest BCUT2D eigenvalue weighted by Crippen LogP contribution is -2.38. The summed E-state index contributed by atoms with van der Waals surface area (Å²) in [5.74, 6) is 1.96. The summed E-state index contributed by atoms with van der Waals surface area (Å²) in [5, 5.41) is 1.69. The van der Waals surface area contributed by atoms with Crippen molar-refractivity contribution in [3.63, 3.8) is 0 Å². The van der Waals surface area contributed by atoms with Gasteiger partial charge in [0.2, 0.25) is 5.71 Å². The van der Waals surface area contributed by atoms with E-state index in [1.807, 2.05) is 43.3 Å². The maximum Gasteiger partial charge on any atom is 0.602 e. The van der Waals surface area contributed by atoms with E-state index in [2.05, 4.69) is 9.88 Å². The van der Waals surface area contributed by atoms with Crippen LogP contribution in [0.1, 0.15) is 23.7 Å². The molecule has 0 unspecified atom stereocenters. The van der Waals surface area contributed by atoms with Gasteiger partial charge in [0.15, 0.2) is 18.0 Å². The van der Waals surface area contributed by atoms with Crippen LogP contribution in [-0.2, 0) is 15.9 Å². The van der Waals surface area contributed by atoms with Gasteiger partial charge in [-0.3, -0.25) is 4.90 Å². The van der Waals surface area contributed by atoms with Crippen molar-refractivity contribution in [2.24, 2.45) is 0 Å². The molecule has 8 nitrogen and oxygen atoms in total. The second kappa shape index (κ2) is 13.6. The highest BCUT2D eigenvalue weighted by molar-refractivity contribution is 6.31. The lowest BCUT2D eigenvalue weighted by atomic mass is 9.96. The molecule has 0 saturated carbocycles. The van der Waals surface area contributed by atoms with E-state index in [1.54, 1.807) is 29.9 Å². The lowest BCUT2D eigenvalue weighted by Gasteiger charge is -2.26. The molecule has 41 heavy (non-hydrogen) atoms. The molecule has 0 atom stereocenters. The minimum atomic E-state index is -0.487. The molecule has 0 aliphatic carbocycles. The number of nitrogens with one attached hydrogen (secondary N) is 1. The number of hydrogen-bond donors (Lipinski definition) is 1. The molecule has 0 bridgehead atoms. The van der Waals surface area contributed by atoms with E-state index in [1.165, 1.54) is 0 Å². The van der Waals surface area contributed by atoms with Crippen LogP contribution in [0.3, 0.4) is 0 Å². The van der Waals surface area contributed by atoms with E-state index in [-0.39, 0.29) is 0 Å². The van der Waals surface area contributed by atoms with Gasteiger partial charge in [-0.15, -0.1) is 16.2 Å². The SMILES string of the molecule is CC=C(C=CCCl)OC(=O)[N+]1=C(c2ccc(OCCN3CCOCC3)c(OC)c2)c2[nH]c3ccc(Cl)cc3c2CC1. The number of allylic oxidation sites excluding steroid dienone is 3. The minimum absolute atomic E-state index is 0.317. The highest BCUT2D eigenvalue weighted by atomic mass is 35.5. The molecule has 2 aromatic carbocycles. The van der Waals surface area contributed by atoms with Gasteiger partial charge in [-0.25, -0.2) is 0 Å². The third kappa shape index (κ3) is 6.62. The number of morpholine rings is 1. The van der Waals surface area contributed by atoms with Gasteiger partial charge in [-0.05, 0) is 61.0 Å². The Labute approximate surface area is 249 Å². The van der Waals surface area contributed by atoms with Crippen LogP contribution in [0.2, 0.25) is 5.02 Å². The van der Waals surface area contributed by atoms with Crippen molar-refractivity contribution < 1.29 is 28.3 Å². The predicted octanol–water partition coefficient (Wildman–Crippen LogP) is 5.78. The number of carbonyl (C=O) groups is 1. The number of aromatic amines is 1. The number of halogens is 2. The number of ether oxygens (including phenoxy) is 4. The fourth-order valence-corrected chi connectivity index (χ4v) is 5.45. The molecule has 2 aliphatic rings. The van der Waals surface area contributed by atoms with Gasteiger partial charge in [-0.2, -0.15) is 4.79 Å². The van der Waals surface area contributed by atoms with Crippen molar-refractivity contribution in [2.45, 2.75) is 13.3 Å². The van der Waals surface area contributed by atoms with Crippen molar-refractivity contribution >= 4 is 45.9 Å². The summed E-state index contributed by atoms with van der Waals surface area (Å²) in [5.41, 5.74) is 4.36. The maximum atomic E-state index is 13.6. The van der Waals surface area contributed by atoms with Crippen molar-refractivity contribution in [1.82, 2.24) is 9.88 Å². The van der Waals surface area contributed by atoms with Crippen molar-refractivity contribution in [2.75, 3.05) is 59.0 Å². The highest BCUT2D eigenvalue weighted by Crippen LogP contribution is 2.33. The van der Waals surface area contributed by atoms with Crippen molar-refractivity contribution in [3.8, 4) is 11.5 Å². The standard InChI is InChI=1S/C31H33Cl2N3O5/c1-3-23(5-4-11-32)41-31(37)36-12-10-24-25-20-22(33)7-8-26(25)34-29(24)30(36)21-6-9-27(28(19-21)38-2)40-18-15-35-13-16-39-17-14-35/h3-9,19-20H,10-18H2,1-2H3/p+1. The first-order valence-corrected chi connectivity index (χ1v) is 14.6. The monoisotopic (exact) mass is 598 g/mol. The quantitative estimate of drug-likeness (QED) is 0.146. The zero-order chi connectivity index (χ0) is 28.8. The van der Waals surface area contributed by atoms with Gasteiger partial charge in [-0.1, -0.05) is 17.7 Å². The van der Waals surface area contributed by atoms with Gasteiger partial charge < -0.3 is 23.9 Å². The molecule has 10 heteroatoms. The Balaban J connectivity index is 1.51. The van der Waals surface area contributed by atoms with Crippen LogP contribution in [0.25, 0.3) is 10.9 Å². The van der Waals surface area contributed by atoms with E-state index in [4.69, 9.17) is 42.1 Å². The number of H-pyrrole nitrogens is 1. The maximum absolute atomic E-state index is 13.6. The number of benzene rings is 2. The molecule has 5 rings (SSSR count). The van der Waals surface area contributed by atoms with E-state index in [0.29, 0.717) is 53.4 Å². The number of hydrogen-bond acceptors (Lipinski definition) is 6. The molecule has 2 aliphatic heterocycles. The van der Waals surface area contributed by atoms with Gasteiger partial charge in [0, 0.05) is 47.9 Å². The molecule has 1 N–H and O–H groups in total. The fourth-order valence-electron chi connectivity index (χ4n) is 5.18. The first-order chi connectivity index (χ1) is 20.0. The number of fused-ring (bicyclic) bond motifs is 3. The average Bonchev–Trinajstić information content (AvgIpc) is 3.37. The van der Waals surface area contributed by atoms with Crippen LogP contribution in [0.15, 0.2) is 60.4 Å². The number of amides is 1. The van der Waals surface area contributed by atoms with Crippen molar-refractivity contribution in [1.29, 1.82) is 0 Å². The van der Waals surface area contributed by atoms with E-state index in [9.17, 15) is 4.79 Å². The molecular formula is C31H34Cl2N3O5+. The highest BCUT2D eigenvalue weighted by Gasteiger charge is 2.36. The van der Waals surface area contributed by atoms with Crippen LogP contribution >= 0.6 is 23.2 Å². The Morgan fingerprint density at radius 1 is 1.17 bits per heavy atom. The van der Waals surface area contributed by atoms with Gasteiger partial charge in [0.05, 0.1) is 25.9 Å². The number of alkyl halides is 1. The summed E-state index contributed by atoms with van der Waals surface area (Å²) < 4.78 is 24.7. The minimum Gasteiger partial charge on any atom is -0.493 e. The van der Waals surface area contributed by atoms with E-state index >= 15 is 0 Å². The summed E-state index contributed by atoms with van der Waals surface area (Å²) in [6, 6.07) is 11.5. The van der Waals surface area contributed by atoms with Gasteiger partial charge in [0.25, 0.3) is 0 Å². The molecule has 216 valence electrons. The summed E-state index contributed by atoms with van der Waals surface area (Å²) in [6.07, 6.45) is 5.30. The molecule has 0 spiro atoms. The van der Waals surface area contributed by atoms with Crippen molar-refractivity contribution in [3.05, 3.63) is 82.2 Å². The molecule has 1 amide bonds. The number of nitrogens with zero attached hydrogens (tertiary/aromatic N) is 2. The zero-order valence-electron chi connectivity index (χ0n) is 23.3. The Morgan fingerprint density at radius 2 is 2.00 bits per heavy atom. The smallest absolute Gasteiger partial charge is 0.493 e. The van der Waals surface area contributed by atoms with E-state index < -0.39 is 6.09 Å². The molecular weight excluding hydrogens is 565 g/mol. The molecule has 1 saturated heterocycles. The normalized spacial score (nSPS) is 16.3. The van der Waals surface area contributed by atoms with Crippen LogP contribution in [0.4, 0.5) is 4.79 Å². The summed E-state index contributed by atoms with van der Waals surface area (Å²) >= 11 is 12.1. The van der Waals surface area contributed by atoms with Crippen LogP contribution in [0.5, 0.6) is 11.5 Å². The fraction of sp³-hybridized carbons (Fsp3) is 0.355. The number of methoxy groups -OCH3 is 1. The number of rotatable bonds is 9. The van der Waals surface area contributed by atoms with E-state index in [0.717, 1.165) is 60.6 Å². The van der Waals surface area contributed by atoms with Gasteiger partial charge in [0.1, 0.15) is 18.1 Å². The Morgan fingerprint density at radius 3 is 2.76 bits per heavy atom. The van der Waals surface area contributed by atoms with Crippen LogP contribution in [-0.4, -0.2) is 85.3 Å². The molecule has 1 fully saturated rings. The zero-order valence-corrected chi connectivity index (χ0v) is 24.8. The first-order valence-electron chi connectivity index (χ1n) is 13.7. The summed E-state index contributed by atoms with van der Waals surface area (Å²) in [4.78, 5) is 19.4. The molecule has 3 heterocycles. The number of carbonyl (C=O) groups excluding carboxylic acids is 1. The van der Waals surface area contributed by atoms with Crippen LogP contribution < -0.4 is 9.47 Å². The predicted molar refractivity (Wildman–Crippen MR) is 161 cm³/mol. The molecule has 0 radical (unpaired) electrons. The summed E-state index contributed by atoms with van der Waals surface area (Å²) in [7, 11) is 1.61. The first kappa shape index (κ1) is 29.2. The second-order valence-corrected chi connectivity index (χ2v) is 10.4.